The Morgan fingerprint density at radius 2 is 1.08 bits per heavy atom. The Morgan fingerprint density at radius 3 is 1.31 bits per heavy atom. The van der Waals surface area contributed by atoms with Crippen LogP contribution in [-0.2, 0) is 31.3 Å². The van der Waals surface area contributed by atoms with Gasteiger partial charge in [0.05, 0.1) is 0 Å². The monoisotopic (exact) mass is 222 g/mol. The average Bonchev–Trinajstić information content (AvgIpc) is 1.95. The van der Waals surface area contributed by atoms with Crippen LogP contribution in [0.15, 0.2) is 0 Å². The van der Waals surface area contributed by atoms with Crippen LogP contribution in [-0.4, -0.2) is 22.2 Å². The van der Waals surface area contributed by atoms with E-state index in [-0.39, 0.29) is 34.6 Å². The predicted octanol–water partition coefficient (Wildman–Crippen LogP) is 1.49. The number of unbranched alkanes of at least 4 members (excludes halogenated alkanes) is 3. The van der Waals surface area contributed by atoms with Gasteiger partial charge >= 0.3 is 11.9 Å². The maximum Gasteiger partial charge on any atom is 0.303 e. The van der Waals surface area contributed by atoms with Crippen LogP contribution in [0.2, 0.25) is 0 Å². The molecular formula is C8H14O4Ti. The number of carboxylic acid groups (broad SMARTS) is 2. The molecule has 0 saturated carbocycles. The summed E-state index contributed by atoms with van der Waals surface area (Å²) in [5, 5.41) is 16.5. The minimum atomic E-state index is -0.784. The second kappa shape index (κ2) is 9.74. The molecule has 0 rings (SSSR count). The van der Waals surface area contributed by atoms with Crippen LogP contribution in [0.4, 0.5) is 0 Å². The molecule has 0 radical (unpaired) electrons. The molecule has 0 spiro atoms. The van der Waals surface area contributed by atoms with E-state index in [1.165, 1.54) is 0 Å². The smallest absolute Gasteiger partial charge is 0.303 e. The molecule has 0 aliphatic rings. The molecule has 0 amide bonds. The molecule has 0 heterocycles. The summed E-state index contributed by atoms with van der Waals surface area (Å²) in [6.45, 7) is 0. The van der Waals surface area contributed by atoms with E-state index < -0.39 is 11.9 Å². The van der Waals surface area contributed by atoms with Gasteiger partial charge in [-0.3, -0.25) is 9.59 Å². The van der Waals surface area contributed by atoms with E-state index in [0.717, 1.165) is 12.8 Å². The van der Waals surface area contributed by atoms with Crippen molar-refractivity contribution in [3.8, 4) is 0 Å². The van der Waals surface area contributed by atoms with Gasteiger partial charge < -0.3 is 10.2 Å². The van der Waals surface area contributed by atoms with Gasteiger partial charge in [0.15, 0.2) is 0 Å². The van der Waals surface area contributed by atoms with Crippen molar-refractivity contribution in [1.29, 1.82) is 0 Å². The summed E-state index contributed by atoms with van der Waals surface area (Å²) < 4.78 is 0. The number of aliphatic carboxylic acids is 2. The van der Waals surface area contributed by atoms with Gasteiger partial charge in [0.25, 0.3) is 0 Å². The van der Waals surface area contributed by atoms with Gasteiger partial charge in [-0.2, -0.15) is 0 Å². The van der Waals surface area contributed by atoms with Crippen LogP contribution in [0.3, 0.4) is 0 Å². The maximum atomic E-state index is 10.0. The molecule has 5 heteroatoms. The second-order valence-corrected chi connectivity index (χ2v) is 2.70. The Morgan fingerprint density at radius 1 is 0.769 bits per heavy atom. The average molecular weight is 222 g/mol. The van der Waals surface area contributed by atoms with Crippen LogP contribution in [0, 0.1) is 0 Å². The summed E-state index contributed by atoms with van der Waals surface area (Å²) in [6, 6.07) is 0. The topological polar surface area (TPSA) is 74.6 Å². The van der Waals surface area contributed by atoms with Crippen molar-refractivity contribution in [1.82, 2.24) is 0 Å². The van der Waals surface area contributed by atoms with E-state index in [4.69, 9.17) is 10.2 Å². The van der Waals surface area contributed by atoms with E-state index >= 15 is 0 Å². The molecule has 2 N–H and O–H groups in total. The molecule has 74 valence electrons. The largest absolute Gasteiger partial charge is 0.481 e. The summed E-state index contributed by atoms with van der Waals surface area (Å²) >= 11 is 0. The van der Waals surface area contributed by atoms with E-state index in [1.807, 2.05) is 0 Å². The second-order valence-electron chi connectivity index (χ2n) is 2.70. The molecule has 0 aliphatic carbocycles. The summed E-state index contributed by atoms with van der Waals surface area (Å²) in [5.74, 6) is -1.57. The van der Waals surface area contributed by atoms with Crippen LogP contribution in [0.25, 0.3) is 0 Å². The molecule has 0 fully saturated rings. The zero-order chi connectivity index (χ0) is 9.40. The molecule has 13 heavy (non-hydrogen) atoms. The Kier molecular flexibility index (Phi) is 11.3. The number of carbonyl (C=O) groups is 2. The molecular weight excluding hydrogens is 208 g/mol. The van der Waals surface area contributed by atoms with Crippen molar-refractivity contribution in [3.63, 3.8) is 0 Å². The Labute approximate surface area is 92.2 Å². The van der Waals surface area contributed by atoms with Crippen molar-refractivity contribution < 1.29 is 41.5 Å². The van der Waals surface area contributed by atoms with Crippen molar-refractivity contribution in [2.45, 2.75) is 38.5 Å². The van der Waals surface area contributed by atoms with Crippen LogP contribution in [0.1, 0.15) is 38.5 Å². The number of carboxylic acids is 2. The molecule has 0 aromatic carbocycles. The first-order chi connectivity index (χ1) is 5.63. The molecule has 0 atom stereocenters. The number of rotatable bonds is 7. The fourth-order valence-electron chi connectivity index (χ4n) is 0.906. The molecule has 0 bridgehead atoms. The molecule has 4 nitrogen and oxygen atoms in total. The zero-order valence-electron chi connectivity index (χ0n) is 7.45. The van der Waals surface area contributed by atoms with E-state index in [9.17, 15) is 9.59 Å². The normalized spacial score (nSPS) is 8.92. The van der Waals surface area contributed by atoms with Crippen LogP contribution < -0.4 is 0 Å². The first-order valence-corrected chi connectivity index (χ1v) is 4.06. The van der Waals surface area contributed by atoms with Crippen molar-refractivity contribution in [2.24, 2.45) is 0 Å². The van der Waals surface area contributed by atoms with Gasteiger partial charge in [-0.1, -0.05) is 12.8 Å². The summed E-state index contributed by atoms with van der Waals surface area (Å²) in [7, 11) is 0. The van der Waals surface area contributed by atoms with E-state index in [0.29, 0.717) is 12.8 Å². The fourth-order valence-corrected chi connectivity index (χ4v) is 0.906. The minimum absolute atomic E-state index is 0. The molecule has 0 unspecified atom stereocenters. The standard InChI is InChI=1S/C8H14O4.Ti/c9-7(10)5-3-1-2-4-6-8(11)12;/h1-6H2,(H,9,10)(H,11,12);. The minimum Gasteiger partial charge on any atom is -0.481 e. The van der Waals surface area contributed by atoms with E-state index in [2.05, 4.69) is 0 Å². The van der Waals surface area contributed by atoms with Gasteiger partial charge in [-0.05, 0) is 12.8 Å². The Balaban J connectivity index is 0. The SMILES string of the molecule is O=C(O)CCCCCCC(=O)O.[Ti]. The number of hydrogen-bond acceptors (Lipinski definition) is 2. The van der Waals surface area contributed by atoms with Crippen molar-refractivity contribution in [2.75, 3.05) is 0 Å². The van der Waals surface area contributed by atoms with Crippen LogP contribution >= 0.6 is 0 Å². The first-order valence-electron chi connectivity index (χ1n) is 4.06. The Bertz CT molecular complexity index is 140. The van der Waals surface area contributed by atoms with Gasteiger partial charge in [-0.25, -0.2) is 0 Å². The summed E-state index contributed by atoms with van der Waals surface area (Å²) in [6.07, 6.45) is 3.28. The third kappa shape index (κ3) is 14.5. The third-order valence-corrected chi connectivity index (χ3v) is 1.53. The summed E-state index contributed by atoms with van der Waals surface area (Å²) in [4.78, 5) is 20.1. The zero-order valence-corrected chi connectivity index (χ0v) is 9.02. The quantitative estimate of drug-likeness (QED) is 0.505. The van der Waals surface area contributed by atoms with Gasteiger partial charge in [-0.15, -0.1) is 0 Å². The van der Waals surface area contributed by atoms with Crippen LogP contribution in [0.5, 0.6) is 0 Å². The van der Waals surface area contributed by atoms with E-state index in [1.54, 1.807) is 0 Å². The number of hydrogen-bond donors (Lipinski definition) is 2. The Hall–Kier alpha value is -0.346. The van der Waals surface area contributed by atoms with Crippen molar-refractivity contribution in [3.05, 3.63) is 0 Å². The van der Waals surface area contributed by atoms with Gasteiger partial charge in [0.2, 0.25) is 0 Å². The molecule has 0 saturated heterocycles. The fraction of sp³-hybridized carbons (Fsp3) is 0.750. The predicted molar refractivity (Wildman–Crippen MR) is 43.0 cm³/mol. The van der Waals surface area contributed by atoms with Crippen molar-refractivity contribution >= 4 is 11.9 Å². The molecule has 0 aliphatic heterocycles. The summed E-state index contributed by atoms with van der Waals surface area (Å²) in [5.41, 5.74) is 0. The molecule has 0 aromatic heterocycles. The maximum absolute atomic E-state index is 10.0. The first kappa shape index (κ1) is 15.1. The molecule has 0 aromatic rings. The third-order valence-electron chi connectivity index (χ3n) is 1.53. The van der Waals surface area contributed by atoms with Gasteiger partial charge in [0, 0.05) is 34.6 Å². The van der Waals surface area contributed by atoms with Gasteiger partial charge in [0.1, 0.15) is 0 Å².